The molecule has 0 saturated carbocycles. The van der Waals surface area contributed by atoms with Crippen LogP contribution in [0.15, 0.2) is 107 Å². The lowest BCUT2D eigenvalue weighted by molar-refractivity contribution is 0.0956. The highest BCUT2D eigenvalue weighted by atomic mass is 79.9. The van der Waals surface area contributed by atoms with Gasteiger partial charge >= 0.3 is 0 Å². The Morgan fingerprint density at radius 3 is 2.56 bits per heavy atom. The molecular weight excluding hydrogens is 554 g/mol. The van der Waals surface area contributed by atoms with Gasteiger partial charge in [0, 0.05) is 10.9 Å². The number of nitrogens with zero attached hydrogens (tertiary/aromatic N) is 2. The molecule has 194 valence electrons. The third kappa shape index (κ3) is 6.16. The predicted molar refractivity (Wildman–Crippen MR) is 158 cm³/mol. The zero-order valence-electron chi connectivity index (χ0n) is 21.5. The summed E-state index contributed by atoms with van der Waals surface area (Å²) in [7, 11) is 1.59. The van der Waals surface area contributed by atoms with Gasteiger partial charge in [0.05, 0.1) is 34.6 Å². The van der Waals surface area contributed by atoms with Gasteiger partial charge < -0.3 is 9.47 Å². The maximum atomic E-state index is 13.2. The van der Waals surface area contributed by atoms with E-state index >= 15 is 0 Å². The second-order valence-electron chi connectivity index (χ2n) is 8.95. The van der Waals surface area contributed by atoms with Crippen molar-refractivity contribution in [2.45, 2.75) is 13.5 Å². The zero-order chi connectivity index (χ0) is 27.2. The van der Waals surface area contributed by atoms with Gasteiger partial charge in [-0.2, -0.15) is 5.10 Å². The Hall–Kier alpha value is -4.49. The number of aromatic nitrogens is 1. The molecule has 1 aromatic heterocycles. The number of hydrogen-bond donors (Lipinski definition) is 1. The average molecular weight is 580 g/mol. The number of para-hydroxylation sites is 1. The lowest BCUT2D eigenvalue weighted by Crippen LogP contribution is -2.18. The third-order valence-corrected chi connectivity index (χ3v) is 6.72. The summed E-state index contributed by atoms with van der Waals surface area (Å²) in [5.41, 5.74) is 8.51. The van der Waals surface area contributed by atoms with Crippen LogP contribution in [-0.4, -0.2) is 24.2 Å². The standard InChI is InChI=1S/C32H26BrN3O3/c1-21-9-8-10-22(15-21)20-39-31-27(33)16-23(17-30(31)38-2)19-34-36-32(37)26-18-29(24-11-4-3-5-12-24)35-28-14-7-6-13-25(26)28/h3-19H,20H2,1-2H3,(H,36,37)/b34-19+. The van der Waals surface area contributed by atoms with E-state index in [2.05, 4.69) is 32.5 Å². The minimum atomic E-state index is -0.328. The second kappa shape index (κ2) is 11.9. The van der Waals surface area contributed by atoms with Crippen LogP contribution in [0, 0.1) is 6.92 Å². The van der Waals surface area contributed by atoms with E-state index in [0.29, 0.717) is 23.7 Å². The van der Waals surface area contributed by atoms with E-state index in [1.807, 2.05) is 85.8 Å². The summed E-state index contributed by atoms with van der Waals surface area (Å²) >= 11 is 3.58. The van der Waals surface area contributed by atoms with Crippen molar-refractivity contribution in [3.8, 4) is 22.8 Å². The molecule has 0 saturated heterocycles. The Morgan fingerprint density at radius 1 is 0.974 bits per heavy atom. The molecule has 39 heavy (non-hydrogen) atoms. The van der Waals surface area contributed by atoms with Crippen LogP contribution in [0.5, 0.6) is 11.5 Å². The van der Waals surface area contributed by atoms with Gasteiger partial charge in [-0.1, -0.05) is 78.4 Å². The Bertz CT molecular complexity index is 1670. The van der Waals surface area contributed by atoms with E-state index in [1.54, 1.807) is 25.5 Å². The number of carbonyl (C=O) groups is 1. The Kier molecular flexibility index (Phi) is 7.99. The molecule has 4 aromatic carbocycles. The van der Waals surface area contributed by atoms with E-state index in [0.717, 1.165) is 37.8 Å². The number of rotatable bonds is 8. The summed E-state index contributed by atoms with van der Waals surface area (Å²) in [5.74, 6) is 0.820. The molecule has 0 bridgehead atoms. The van der Waals surface area contributed by atoms with Crippen LogP contribution in [0.2, 0.25) is 0 Å². The summed E-state index contributed by atoms with van der Waals surface area (Å²) < 4.78 is 12.3. The minimum absolute atomic E-state index is 0.328. The van der Waals surface area contributed by atoms with Gasteiger partial charge in [0.1, 0.15) is 6.61 Å². The van der Waals surface area contributed by atoms with Crippen LogP contribution in [0.25, 0.3) is 22.2 Å². The quantitative estimate of drug-likeness (QED) is 0.154. The number of aryl methyl sites for hydroxylation is 1. The fourth-order valence-electron chi connectivity index (χ4n) is 4.26. The van der Waals surface area contributed by atoms with Crippen LogP contribution in [-0.2, 0) is 6.61 Å². The Morgan fingerprint density at radius 2 is 1.77 bits per heavy atom. The van der Waals surface area contributed by atoms with E-state index in [1.165, 1.54) is 5.56 Å². The predicted octanol–water partition coefficient (Wildman–Crippen LogP) is 7.32. The molecule has 0 spiro atoms. The maximum Gasteiger partial charge on any atom is 0.272 e. The van der Waals surface area contributed by atoms with E-state index in [-0.39, 0.29) is 5.91 Å². The van der Waals surface area contributed by atoms with Crippen LogP contribution in [0.1, 0.15) is 27.0 Å². The highest BCUT2D eigenvalue weighted by Gasteiger charge is 2.14. The van der Waals surface area contributed by atoms with Crippen molar-refractivity contribution < 1.29 is 14.3 Å². The number of hydrogen-bond acceptors (Lipinski definition) is 5. The summed E-state index contributed by atoms with van der Waals surface area (Å²) in [6, 6.07) is 31.0. The number of nitrogens with one attached hydrogen (secondary N) is 1. The lowest BCUT2D eigenvalue weighted by atomic mass is 10.0. The van der Waals surface area contributed by atoms with Gasteiger partial charge in [-0.05, 0) is 58.2 Å². The fraction of sp³-hybridized carbons (Fsp3) is 0.0938. The van der Waals surface area contributed by atoms with E-state index < -0.39 is 0 Å². The average Bonchev–Trinajstić information content (AvgIpc) is 2.96. The number of methoxy groups -OCH3 is 1. The highest BCUT2D eigenvalue weighted by Crippen LogP contribution is 2.37. The summed E-state index contributed by atoms with van der Waals surface area (Å²) in [5, 5.41) is 4.97. The van der Waals surface area contributed by atoms with Gasteiger partial charge in [0.2, 0.25) is 0 Å². The third-order valence-electron chi connectivity index (χ3n) is 6.13. The first-order valence-electron chi connectivity index (χ1n) is 12.4. The topological polar surface area (TPSA) is 72.8 Å². The molecule has 1 N–H and O–H groups in total. The lowest BCUT2D eigenvalue weighted by Gasteiger charge is -2.14. The molecular formula is C32H26BrN3O3. The van der Waals surface area contributed by atoms with Crippen LogP contribution in [0.4, 0.5) is 0 Å². The van der Waals surface area contributed by atoms with Gasteiger partial charge in [0.15, 0.2) is 11.5 Å². The molecule has 7 heteroatoms. The van der Waals surface area contributed by atoms with Crippen molar-refractivity contribution in [2.75, 3.05) is 7.11 Å². The Balaban J connectivity index is 1.35. The molecule has 1 heterocycles. The van der Waals surface area contributed by atoms with Gasteiger partial charge in [-0.25, -0.2) is 10.4 Å². The second-order valence-corrected chi connectivity index (χ2v) is 9.80. The SMILES string of the molecule is COc1cc(/C=N/NC(=O)c2cc(-c3ccccc3)nc3ccccc23)cc(Br)c1OCc1cccc(C)c1. The van der Waals surface area contributed by atoms with Crippen molar-refractivity contribution in [3.05, 3.63) is 124 Å². The van der Waals surface area contributed by atoms with Crippen LogP contribution >= 0.6 is 15.9 Å². The number of halogens is 1. The molecule has 5 aromatic rings. The number of ether oxygens (including phenoxy) is 2. The van der Waals surface area contributed by atoms with E-state index in [9.17, 15) is 4.79 Å². The first-order valence-corrected chi connectivity index (χ1v) is 13.2. The number of hydrazone groups is 1. The van der Waals surface area contributed by atoms with Crippen molar-refractivity contribution in [3.63, 3.8) is 0 Å². The summed E-state index contributed by atoms with van der Waals surface area (Å²) in [6.45, 7) is 2.46. The maximum absolute atomic E-state index is 13.2. The first kappa shape index (κ1) is 26.1. The van der Waals surface area contributed by atoms with Crippen molar-refractivity contribution in [1.29, 1.82) is 0 Å². The molecule has 0 aliphatic rings. The van der Waals surface area contributed by atoms with Crippen LogP contribution in [0.3, 0.4) is 0 Å². The molecule has 0 radical (unpaired) electrons. The zero-order valence-corrected chi connectivity index (χ0v) is 23.1. The van der Waals surface area contributed by atoms with Crippen molar-refractivity contribution in [1.82, 2.24) is 10.4 Å². The summed E-state index contributed by atoms with van der Waals surface area (Å²) in [4.78, 5) is 18.0. The number of carbonyl (C=O) groups excluding carboxylic acids is 1. The molecule has 5 rings (SSSR count). The minimum Gasteiger partial charge on any atom is -0.493 e. The normalized spacial score (nSPS) is 11.1. The van der Waals surface area contributed by atoms with Gasteiger partial charge in [-0.3, -0.25) is 4.79 Å². The largest absolute Gasteiger partial charge is 0.493 e. The monoisotopic (exact) mass is 579 g/mol. The molecule has 0 fully saturated rings. The molecule has 0 unspecified atom stereocenters. The smallest absolute Gasteiger partial charge is 0.272 e. The number of fused-ring (bicyclic) bond motifs is 1. The number of pyridine rings is 1. The van der Waals surface area contributed by atoms with Gasteiger partial charge in [0.25, 0.3) is 5.91 Å². The molecule has 1 amide bonds. The molecule has 0 aliphatic heterocycles. The molecule has 0 atom stereocenters. The highest BCUT2D eigenvalue weighted by molar-refractivity contribution is 9.10. The number of amides is 1. The van der Waals surface area contributed by atoms with Crippen molar-refractivity contribution in [2.24, 2.45) is 5.10 Å². The van der Waals surface area contributed by atoms with Crippen LogP contribution < -0.4 is 14.9 Å². The van der Waals surface area contributed by atoms with E-state index in [4.69, 9.17) is 14.5 Å². The Labute approximate surface area is 235 Å². The summed E-state index contributed by atoms with van der Waals surface area (Å²) in [6.07, 6.45) is 1.57. The number of benzene rings is 4. The first-order chi connectivity index (χ1) is 19.0. The molecule has 6 nitrogen and oxygen atoms in total. The van der Waals surface area contributed by atoms with Crippen molar-refractivity contribution >= 4 is 39.0 Å². The fourth-order valence-corrected chi connectivity index (χ4v) is 4.83. The molecule has 0 aliphatic carbocycles. The van der Waals surface area contributed by atoms with Gasteiger partial charge in [-0.15, -0.1) is 0 Å².